The fourth-order valence-electron chi connectivity index (χ4n) is 1.63. The fourth-order valence-corrected chi connectivity index (χ4v) is 1.63. The highest BCUT2D eigenvalue weighted by Gasteiger charge is 1.97. The Kier molecular flexibility index (Phi) is 12.1. The summed E-state index contributed by atoms with van der Waals surface area (Å²) < 4.78 is 10.6. The van der Waals surface area contributed by atoms with Gasteiger partial charge in [-0.05, 0) is 31.5 Å². The number of ether oxygens (including phenoxy) is 2. The van der Waals surface area contributed by atoms with Gasteiger partial charge in [-0.3, -0.25) is 4.99 Å². The Balaban J connectivity index is 0.00000400. The van der Waals surface area contributed by atoms with Gasteiger partial charge in [0.1, 0.15) is 12.4 Å². The maximum absolute atomic E-state index is 5.67. The van der Waals surface area contributed by atoms with Gasteiger partial charge < -0.3 is 20.1 Å². The molecule has 0 aliphatic heterocycles. The summed E-state index contributed by atoms with van der Waals surface area (Å²) >= 11 is 0. The normalized spacial score (nSPS) is 10.7. The number of guanidine groups is 1. The van der Waals surface area contributed by atoms with Crippen molar-refractivity contribution < 1.29 is 9.47 Å². The van der Waals surface area contributed by atoms with E-state index < -0.39 is 0 Å². The molecule has 1 aromatic carbocycles. The second-order valence-electron chi connectivity index (χ2n) is 4.35. The lowest BCUT2D eigenvalue weighted by atomic mass is 10.2. The van der Waals surface area contributed by atoms with Crippen LogP contribution in [0.4, 0.5) is 0 Å². The van der Waals surface area contributed by atoms with Crippen LogP contribution in [0.1, 0.15) is 12.5 Å². The molecule has 2 N–H and O–H groups in total. The number of hydrogen-bond donors (Lipinski definition) is 2. The van der Waals surface area contributed by atoms with Gasteiger partial charge in [-0.1, -0.05) is 12.1 Å². The van der Waals surface area contributed by atoms with Gasteiger partial charge in [0.2, 0.25) is 0 Å². The first-order valence-corrected chi connectivity index (χ1v) is 6.97. The van der Waals surface area contributed by atoms with E-state index in [2.05, 4.69) is 28.6 Å². The molecule has 0 radical (unpaired) electrons. The third-order valence-corrected chi connectivity index (χ3v) is 2.56. The van der Waals surface area contributed by atoms with Gasteiger partial charge in [-0.15, -0.1) is 24.0 Å². The Morgan fingerprint density at radius 3 is 2.71 bits per heavy atom. The molecule has 0 aromatic heterocycles. The summed E-state index contributed by atoms with van der Waals surface area (Å²) in [5, 5.41) is 6.40. The number of nitrogens with zero attached hydrogens (tertiary/aromatic N) is 1. The molecule has 0 heterocycles. The summed E-state index contributed by atoms with van der Waals surface area (Å²) in [6, 6.07) is 8.04. The molecule has 0 saturated heterocycles. The average molecular weight is 407 g/mol. The Bertz CT molecular complexity index is 414. The lowest BCUT2D eigenvalue weighted by Crippen LogP contribution is -2.39. The van der Waals surface area contributed by atoms with E-state index in [0.29, 0.717) is 26.3 Å². The minimum absolute atomic E-state index is 0. The Hall–Kier alpha value is -1.02. The molecule has 0 bridgehead atoms. The maximum atomic E-state index is 5.67. The van der Waals surface area contributed by atoms with Crippen LogP contribution < -0.4 is 15.4 Å². The summed E-state index contributed by atoms with van der Waals surface area (Å²) in [4.78, 5) is 4.38. The molecule has 0 aliphatic carbocycles. The van der Waals surface area contributed by atoms with Crippen LogP contribution in [0.3, 0.4) is 0 Å². The Labute approximate surface area is 144 Å². The molecule has 120 valence electrons. The van der Waals surface area contributed by atoms with Crippen LogP contribution in [-0.2, 0) is 4.74 Å². The summed E-state index contributed by atoms with van der Waals surface area (Å²) in [5.41, 5.74) is 1.20. The predicted octanol–water partition coefficient (Wildman–Crippen LogP) is 2.19. The van der Waals surface area contributed by atoms with Crippen molar-refractivity contribution in [3.05, 3.63) is 29.8 Å². The van der Waals surface area contributed by atoms with Crippen molar-refractivity contribution in [3.8, 4) is 5.75 Å². The molecule has 0 amide bonds. The number of nitrogens with one attached hydrogen (secondary N) is 2. The third-order valence-electron chi connectivity index (χ3n) is 2.56. The summed E-state index contributed by atoms with van der Waals surface area (Å²) in [5.74, 6) is 1.69. The van der Waals surface area contributed by atoms with E-state index in [0.717, 1.165) is 18.3 Å². The van der Waals surface area contributed by atoms with E-state index in [1.165, 1.54) is 5.56 Å². The van der Waals surface area contributed by atoms with Gasteiger partial charge in [0.25, 0.3) is 0 Å². The van der Waals surface area contributed by atoms with Crippen LogP contribution in [-0.4, -0.2) is 45.9 Å². The summed E-state index contributed by atoms with van der Waals surface area (Å²) in [7, 11) is 1.67. The van der Waals surface area contributed by atoms with Crippen molar-refractivity contribution in [2.75, 3.05) is 40.0 Å². The van der Waals surface area contributed by atoms with E-state index in [9.17, 15) is 0 Å². The number of hydrogen-bond acceptors (Lipinski definition) is 3. The van der Waals surface area contributed by atoms with Crippen LogP contribution in [0.15, 0.2) is 29.3 Å². The van der Waals surface area contributed by atoms with Crippen molar-refractivity contribution in [1.29, 1.82) is 0 Å². The maximum Gasteiger partial charge on any atom is 0.191 e. The van der Waals surface area contributed by atoms with Crippen molar-refractivity contribution in [1.82, 2.24) is 10.6 Å². The predicted molar refractivity (Wildman–Crippen MR) is 97.9 cm³/mol. The van der Waals surface area contributed by atoms with E-state index >= 15 is 0 Å². The largest absolute Gasteiger partial charge is 0.492 e. The van der Waals surface area contributed by atoms with Crippen molar-refractivity contribution in [2.45, 2.75) is 13.8 Å². The van der Waals surface area contributed by atoms with Crippen molar-refractivity contribution in [3.63, 3.8) is 0 Å². The zero-order valence-corrected chi connectivity index (χ0v) is 15.3. The van der Waals surface area contributed by atoms with Crippen LogP contribution in [0.25, 0.3) is 0 Å². The molecule has 0 aliphatic rings. The highest BCUT2D eigenvalue weighted by molar-refractivity contribution is 14.0. The smallest absolute Gasteiger partial charge is 0.191 e. The molecule has 5 nitrogen and oxygen atoms in total. The van der Waals surface area contributed by atoms with E-state index in [1.807, 2.05) is 25.1 Å². The molecule has 0 fully saturated rings. The minimum atomic E-state index is 0. The van der Waals surface area contributed by atoms with Crippen LogP contribution in [0, 0.1) is 6.92 Å². The molecule has 0 spiro atoms. The van der Waals surface area contributed by atoms with E-state index in [-0.39, 0.29) is 24.0 Å². The molecule has 0 saturated carbocycles. The van der Waals surface area contributed by atoms with Gasteiger partial charge in [-0.2, -0.15) is 0 Å². The molecule has 0 unspecified atom stereocenters. The lowest BCUT2D eigenvalue weighted by Gasteiger charge is -2.12. The van der Waals surface area contributed by atoms with Gasteiger partial charge in [0, 0.05) is 13.7 Å². The fraction of sp³-hybridized carbons (Fsp3) is 0.533. The van der Waals surface area contributed by atoms with Crippen LogP contribution in [0.5, 0.6) is 5.75 Å². The topological polar surface area (TPSA) is 54.9 Å². The lowest BCUT2D eigenvalue weighted by molar-refractivity contribution is 0.208. The molecule has 1 aromatic rings. The average Bonchev–Trinajstić information content (AvgIpc) is 2.44. The molecular formula is C15H26IN3O2. The summed E-state index contributed by atoms with van der Waals surface area (Å²) in [6.07, 6.45) is 0. The minimum Gasteiger partial charge on any atom is -0.492 e. The quantitative estimate of drug-likeness (QED) is 0.300. The second kappa shape index (κ2) is 12.7. The number of benzene rings is 1. The SMILES string of the molecule is CCNC(=NCCOC)NCCOc1cccc(C)c1.I. The van der Waals surface area contributed by atoms with Crippen LogP contribution in [0.2, 0.25) is 0 Å². The van der Waals surface area contributed by atoms with E-state index in [4.69, 9.17) is 9.47 Å². The first kappa shape index (κ1) is 20.0. The van der Waals surface area contributed by atoms with Gasteiger partial charge in [0.15, 0.2) is 5.96 Å². The zero-order valence-electron chi connectivity index (χ0n) is 13.0. The highest BCUT2D eigenvalue weighted by atomic mass is 127. The highest BCUT2D eigenvalue weighted by Crippen LogP contribution is 2.11. The number of rotatable bonds is 8. The number of halogens is 1. The zero-order chi connectivity index (χ0) is 14.6. The van der Waals surface area contributed by atoms with Crippen molar-refractivity contribution >= 4 is 29.9 Å². The van der Waals surface area contributed by atoms with Crippen LogP contribution >= 0.6 is 24.0 Å². The van der Waals surface area contributed by atoms with E-state index in [1.54, 1.807) is 7.11 Å². The molecule has 0 atom stereocenters. The molecule has 1 rings (SSSR count). The van der Waals surface area contributed by atoms with Crippen molar-refractivity contribution in [2.24, 2.45) is 4.99 Å². The van der Waals surface area contributed by atoms with Gasteiger partial charge >= 0.3 is 0 Å². The first-order valence-electron chi connectivity index (χ1n) is 6.97. The van der Waals surface area contributed by atoms with Gasteiger partial charge in [-0.25, -0.2) is 0 Å². The Morgan fingerprint density at radius 2 is 2.05 bits per heavy atom. The first-order chi connectivity index (χ1) is 9.76. The Morgan fingerprint density at radius 1 is 1.24 bits per heavy atom. The third kappa shape index (κ3) is 9.52. The number of aliphatic imine (C=N–C) groups is 1. The molecule has 6 heteroatoms. The standard InChI is InChI=1S/C15H25N3O2.HI/c1-4-16-15(17-8-10-19-3)18-9-11-20-14-7-5-6-13(2)12-14;/h5-7,12H,4,8-11H2,1-3H3,(H2,16,17,18);1H. The second-order valence-corrected chi connectivity index (χ2v) is 4.35. The summed E-state index contributed by atoms with van der Waals surface area (Å²) in [6.45, 7) is 7.48. The number of aryl methyl sites for hydroxylation is 1. The number of methoxy groups -OCH3 is 1. The molecule has 21 heavy (non-hydrogen) atoms. The van der Waals surface area contributed by atoms with Gasteiger partial charge in [0.05, 0.1) is 19.7 Å². The molecular weight excluding hydrogens is 381 g/mol. The monoisotopic (exact) mass is 407 g/mol.